The average Bonchev–Trinajstić information content (AvgIpc) is 3.40. The molecule has 0 spiro atoms. The molecule has 0 radical (unpaired) electrons. The molecular formula is C20H23F3N4O3. The van der Waals surface area contributed by atoms with Crippen LogP contribution in [0.4, 0.5) is 23.8 Å². The lowest BCUT2D eigenvalue weighted by Gasteiger charge is -2.37. The fourth-order valence-corrected chi connectivity index (χ4v) is 4.15. The zero-order valence-corrected chi connectivity index (χ0v) is 16.6. The van der Waals surface area contributed by atoms with Crippen molar-refractivity contribution in [2.75, 3.05) is 44.8 Å². The molecule has 7 nitrogen and oxygen atoms in total. The molecule has 0 bridgehead atoms. The summed E-state index contributed by atoms with van der Waals surface area (Å²) in [4.78, 5) is 11.7. The van der Waals surface area contributed by atoms with E-state index in [0.717, 1.165) is 18.4 Å². The zero-order valence-electron chi connectivity index (χ0n) is 16.6. The Balaban J connectivity index is 1.36. The largest absolute Gasteiger partial charge is 0.447 e. The SMILES string of the molecule is Cc1c(NN2CCN(N3CCOC3=O)CC2)oc2c(C(F)(F)F)cc(C3CC3)cc12. The Morgan fingerprint density at radius 1 is 1.10 bits per heavy atom. The third-order valence-corrected chi connectivity index (χ3v) is 6.01. The molecule has 3 heterocycles. The van der Waals surface area contributed by atoms with E-state index >= 15 is 0 Å². The highest BCUT2D eigenvalue weighted by Gasteiger charge is 2.38. The standard InChI is InChI=1S/C20H23F3N4O3/c1-12-15-10-14(13-2-3-13)11-16(20(21,22)23)17(15)30-18(12)24-25-4-6-26(7-5-25)27-8-9-29-19(27)28/h10-11,13,24H,2-9H2,1H3. The van der Waals surface area contributed by atoms with Gasteiger partial charge in [-0.1, -0.05) is 0 Å². The Labute approximate surface area is 171 Å². The molecule has 1 saturated carbocycles. The van der Waals surface area contributed by atoms with E-state index in [1.807, 2.05) is 16.1 Å². The molecule has 0 unspecified atom stereocenters. The van der Waals surface area contributed by atoms with Crippen LogP contribution in [0.5, 0.6) is 0 Å². The van der Waals surface area contributed by atoms with Crippen LogP contribution in [0, 0.1) is 6.92 Å². The first-order valence-electron chi connectivity index (χ1n) is 10.2. The number of cyclic esters (lactones) is 1. The number of nitrogens with zero attached hydrogens (tertiary/aromatic N) is 3. The highest BCUT2D eigenvalue weighted by atomic mass is 19.4. The van der Waals surface area contributed by atoms with Crippen LogP contribution in [0.25, 0.3) is 11.0 Å². The number of amides is 1. The first kappa shape index (κ1) is 19.5. The molecule has 3 fully saturated rings. The number of rotatable bonds is 4. The lowest BCUT2D eigenvalue weighted by Crippen LogP contribution is -2.55. The molecule has 1 amide bonds. The fraction of sp³-hybridized carbons (Fsp3) is 0.550. The van der Waals surface area contributed by atoms with Gasteiger partial charge in [-0.15, -0.1) is 0 Å². The van der Waals surface area contributed by atoms with E-state index in [0.29, 0.717) is 56.2 Å². The molecule has 0 atom stereocenters. The maximum Gasteiger partial charge on any atom is 0.424 e. The topological polar surface area (TPSA) is 61.2 Å². The van der Waals surface area contributed by atoms with Crippen molar-refractivity contribution in [3.63, 3.8) is 0 Å². The van der Waals surface area contributed by atoms with Gasteiger partial charge in [0.05, 0.1) is 12.1 Å². The number of fused-ring (bicyclic) bond motifs is 1. The van der Waals surface area contributed by atoms with E-state index in [-0.39, 0.29) is 17.6 Å². The van der Waals surface area contributed by atoms with Crippen LogP contribution in [0.15, 0.2) is 16.5 Å². The van der Waals surface area contributed by atoms with Gasteiger partial charge in [-0.25, -0.2) is 19.8 Å². The van der Waals surface area contributed by atoms with Crippen LogP contribution in [-0.4, -0.2) is 60.5 Å². The first-order chi connectivity index (χ1) is 14.3. The van der Waals surface area contributed by atoms with Crippen molar-refractivity contribution in [2.45, 2.75) is 31.9 Å². The number of carbonyl (C=O) groups is 1. The molecule has 30 heavy (non-hydrogen) atoms. The lowest BCUT2D eigenvalue weighted by molar-refractivity contribution is -0.136. The summed E-state index contributed by atoms with van der Waals surface area (Å²) in [5.41, 5.74) is 3.71. The summed E-state index contributed by atoms with van der Waals surface area (Å²) in [5.74, 6) is 0.545. The second kappa shape index (κ2) is 7.05. The molecule has 1 aromatic carbocycles. The summed E-state index contributed by atoms with van der Waals surface area (Å²) >= 11 is 0. The molecule has 3 aliphatic rings. The number of furan rings is 1. The van der Waals surface area contributed by atoms with E-state index in [1.165, 1.54) is 6.07 Å². The third-order valence-electron chi connectivity index (χ3n) is 6.01. The number of piperazine rings is 1. The van der Waals surface area contributed by atoms with Crippen molar-refractivity contribution in [3.8, 4) is 0 Å². The smallest absolute Gasteiger partial charge is 0.424 e. The van der Waals surface area contributed by atoms with Crippen LogP contribution in [0.2, 0.25) is 0 Å². The van der Waals surface area contributed by atoms with Gasteiger partial charge in [-0.2, -0.15) is 13.2 Å². The number of halogens is 3. The van der Waals surface area contributed by atoms with Gasteiger partial charge in [0.15, 0.2) is 0 Å². The fourth-order valence-electron chi connectivity index (χ4n) is 4.15. The Hall–Kier alpha value is -2.46. The van der Waals surface area contributed by atoms with E-state index in [9.17, 15) is 18.0 Å². The maximum atomic E-state index is 13.7. The number of ether oxygens (including phenoxy) is 1. The molecule has 2 aliphatic heterocycles. The second-order valence-corrected chi connectivity index (χ2v) is 8.06. The minimum Gasteiger partial charge on any atom is -0.447 e. The van der Waals surface area contributed by atoms with E-state index < -0.39 is 11.7 Å². The number of carbonyl (C=O) groups excluding carboxylic acids is 1. The summed E-state index contributed by atoms with van der Waals surface area (Å²) in [5, 5.41) is 5.94. The predicted molar refractivity (Wildman–Crippen MR) is 103 cm³/mol. The number of hydrazine groups is 2. The summed E-state index contributed by atoms with van der Waals surface area (Å²) in [6, 6.07) is 3.07. The van der Waals surface area contributed by atoms with Gasteiger partial charge < -0.3 is 9.15 Å². The monoisotopic (exact) mass is 424 g/mol. The number of benzene rings is 1. The van der Waals surface area contributed by atoms with Crippen molar-refractivity contribution < 1.29 is 27.1 Å². The predicted octanol–water partition coefficient (Wildman–Crippen LogP) is 3.95. The number of anilines is 1. The number of hydrogen-bond acceptors (Lipinski definition) is 6. The number of hydrogen-bond donors (Lipinski definition) is 1. The molecule has 1 N–H and O–H groups in total. The van der Waals surface area contributed by atoms with Gasteiger partial charge >= 0.3 is 12.3 Å². The van der Waals surface area contributed by atoms with Crippen molar-refractivity contribution in [3.05, 3.63) is 28.8 Å². The van der Waals surface area contributed by atoms with Crippen molar-refractivity contribution >= 4 is 22.9 Å². The molecule has 162 valence electrons. The van der Waals surface area contributed by atoms with Gasteiger partial charge in [0, 0.05) is 37.1 Å². The van der Waals surface area contributed by atoms with Crippen molar-refractivity contribution in [2.24, 2.45) is 0 Å². The maximum absolute atomic E-state index is 13.7. The molecule has 5 rings (SSSR count). The Morgan fingerprint density at radius 2 is 1.83 bits per heavy atom. The highest BCUT2D eigenvalue weighted by molar-refractivity contribution is 5.89. The van der Waals surface area contributed by atoms with Crippen molar-refractivity contribution in [1.82, 2.24) is 15.0 Å². The Morgan fingerprint density at radius 3 is 2.43 bits per heavy atom. The Kier molecular flexibility index (Phi) is 4.59. The first-order valence-corrected chi connectivity index (χ1v) is 10.2. The number of alkyl halides is 3. The molecule has 2 saturated heterocycles. The average molecular weight is 424 g/mol. The Bertz CT molecular complexity index is 978. The van der Waals surface area contributed by atoms with E-state index in [2.05, 4.69) is 5.43 Å². The van der Waals surface area contributed by atoms with Gasteiger partial charge in [-0.3, -0.25) is 5.43 Å². The van der Waals surface area contributed by atoms with E-state index in [4.69, 9.17) is 9.15 Å². The lowest BCUT2D eigenvalue weighted by atomic mass is 10.0. The van der Waals surface area contributed by atoms with Gasteiger partial charge in [0.25, 0.3) is 0 Å². The van der Waals surface area contributed by atoms with Crippen LogP contribution in [0.1, 0.15) is 35.4 Å². The van der Waals surface area contributed by atoms with Crippen molar-refractivity contribution in [1.29, 1.82) is 0 Å². The summed E-state index contributed by atoms with van der Waals surface area (Å²) in [6.45, 7) is 5.07. The third kappa shape index (κ3) is 3.47. The van der Waals surface area contributed by atoms with Gasteiger partial charge in [0.1, 0.15) is 12.2 Å². The molecule has 1 aliphatic carbocycles. The van der Waals surface area contributed by atoms with E-state index in [1.54, 1.807) is 11.9 Å². The summed E-state index contributed by atoms with van der Waals surface area (Å²) in [6.07, 6.45) is -2.95. The van der Waals surface area contributed by atoms with Crippen LogP contribution in [-0.2, 0) is 10.9 Å². The summed E-state index contributed by atoms with van der Waals surface area (Å²) in [7, 11) is 0. The van der Waals surface area contributed by atoms with Gasteiger partial charge in [0.2, 0.25) is 5.88 Å². The molecule has 10 heteroatoms. The number of nitrogens with one attached hydrogen (secondary N) is 1. The van der Waals surface area contributed by atoms with Gasteiger partial charge in [-0.05, 0) is 43.4 Å². The quantitative estimate of drug-likeness (QED) is 0.802. The van der Waals surface area contributed by atoms with Crippen LogP contribution >= 0.6 is 0 Å². The minimum absolute atomic E-state index is 0.120. The minimum atomic E-state index is -4.47. The zero-order chi connectivity index (χ0) is 21.0. The normalized spacial score (nSPS) is 21.5. The molecular weight excluding hydrogens is 401 g/mol. The summed E-state index contributed by atoms with van der Waals surface area (Å²) < 4.78 is 51.7. The molecule has 2 aromatic rings. The molecule has 1 aromatic heterocycles. The second-order valence-electron chi connectivity index (χ2n) is 8.06. The van der Waals surface area contributed by atoms with Crippen LogP contribution in [0.3, 0.4) is 0 Å². The van der Waals surface area contributed by atoms with Crippen LogP contribution < -0.4 is 5.43 Å². The number of aryl methyl sites for hydroxylation is 1. The highest BCUT2D eigenvalue weighted by Crippen LogP contribution is 2.46.